The number of nitrogens with one attached hydrogen (secondary N) is 1. The van der Waals surface area contributed by atoms with Crippen molar-refractivity contribution >= 4 is 23.2 Å². The van der Waals surface area contributed by atoms with Crippen LogP contribution in [0, 0.1) is 17.6 Å². The lowest BCUT2D eigenvalue weighted by Gasteiger charge is -2.21. The number of benzene rings is 1. The first-order chi connectivity index (χ1) is 8.98. The molecule has 1 aromatic carbocycles. The predicted octanol–water partition coefficient (Wildman–Crippen LogP) is 1.57. The second-order valence-corrected chi connectivity index (χ2v) is 5.44. The molecule has 6 heteroatoms. The fourth-order valence-corrected chi connectivity index (χ4v) is 3.06. The minimum absolute atomic E-state index is 0.0657. The summed E-state index contributed by atoms with van der Waals surface area (Å²) in [5.74, 6) is -1.50. The largest absolute Gasteiger partial charge is 0.365 e. The van der Waals surface area contributed by atoms with Crippen LogP contribution in [-0.4, -0.2) is 29.5 Å². The van der Waals surface area contributed by atoms with E-state index in [9.17, 15) is 13.6 Å². The van der Waals surface area contributed by atoms with Gasteiger partial charge in [-0.15, -0.1) is 0 Å². The third kappa shape index (κ3) is 1.74. The summed E-state index contributed by atoms with van der Waals surface area (Å²) in [6.07, 6.45) is 0.636. The summed E-state index contributed by atoms with van der Waals surface area (Å²) in [4.78, 5) is 13.6. The highest BCUT2D eigenvalue weighted by Gasteiger charge is 2.66. The number of fused-ring (bicyclic) bond motifs is 1. The highest BCUT2D eigenvalue weighted by atomic mass is 32.1. The summed E-state index contributed by atoms with van der Waals surface area (Å²) in [6.45, 7) is 0.388. The second-order valence-electron chi connectivity index (χ2n) is 5.05. The maximum atomic E-state index is 13.3. The number of thiocarbonyl (C=S) groups is 1. The minimum atomic E-state index is -0.614. The summed E-state index contributed by atoms with van der Waals surface area (Å²) in [6, 6.07) is 3.45. The molecule has 0 bridgehead atoms. The molecule has 1 aromatic rings. The molecule has 1 saturated heterocycles. The van der Waals surface area contributed by atoms with Crippen LogP contribution in [0.25, 0.3) is 0 Å². The van der Waals surface area contributed by atoms with Gasteiger partial charge in [-0.3, -0.25) is 9.69 Å². The zero-order valence-electron chi connectivity index (χ0n) is 10.2. The van der Waals surface area contributed by atoms with Gasteiger partial charge in [0.2, 0.25) is 5.91 Å². The zero-order valence-corrected chi connectivity index (χ0v) is 11.1. The van der Waals surface area contributed by atoms with Gasteiger partial charge in [-0.1, -0.05) is 0 Å². The van der Waals surface area contributed by atoms with Crippen molar-refractivity contribution in [2.45, 2.75) is 11.8 Å². The molecule has 3 nitrogen and oxygen atoms in total. The van der Waals surface area contributed by atoms with Crippen molar-refractivity contribution < 1.29 is 13.6 Å². The average Bonchev–Trinajstić information content (AvgIpc) is 3.02. The Morgan fingerprint density at radius 3 is 2.63 bits per heavy atom. The molecule has 0 spiro atoms. The molecule has 1 heterocycles. The second kappa shape index (κ2) is 3.96. The molecule has 1 saturated carbocycles. The van der Waals surface area contributed by atoms with Crippen molar-refractivity contribution in [2.75, 3.05) is 13.6 Å². The number of halogens is 2. The van der Waals surface area contributed by atoms with Crippen LogP contribution in [0.3, 0.4) is 0 Å². The Morgan fingerprint density at radius 2 is 2.05 bits per heavy atom. The van der Waals surface area contributed by atoms with Gasteiger partial charge in [-0.25, -0.2) is 8.78 Å². The number of nitrogens with zero attached hydrogens (tertiary/aromatic N) is 1. The van der Waals surface area contributed by atoms with Gasteiger partial charge in [0.1, 0.15) is 11.6 Å². The molecule has 0 unspecified atom stereocenters. The third-order valence-electron chi connectivity index (χ3n) is 3.98. The van der Waals surface area contributed by atoms with Gasteiger partial charge < -0.3 is 5.32 Å². The van der Waals surface area contributed by atoms with Crippen molar-refractivity contribution in [3.05, 3.63) is 35.4 Å². The van der Waals surface area contributed by atoms with E-state index in [4.69, 9.17) is 12.2 Å². The van der Waals surface area contributed by atoms with Crippen molar-refractivity contribution in [1.82, 2.24) is 10.2 Å². The Bertz CT molecular complexity index is 572. The van der Waals surface area contributed by atoms with E-state index in [0.29, 0.717) is 23.6 Å². The number of amides is 1. The van der Waals surface area contributed by atoms with E-state index in [-0.39, 0.29) is 11.8 Å². The average molecular weight is 282 g/mol. The van der Waals surface area contributed by atoms with Crippen molar-refractivity contribution in [3.8, 4) is 0 Å². The Hall–Kier alpha value is -1.56. The van der Waals surface area contributed by atoms with Gasteiger partial charge in [0, 0.05) is 25.1 Å². The lowest BCUT2D eigenvalue weighted by Crippen LogP contribution is -2.41. The quantitative estimate of drug-likeness (QED) is 0.794. The van der Waals surface area contributed by atoms with Crippen molar-refractivity contribution in [2.24, 2.45) is 5.92 Å². The summed E-state index contributed by atoms with van der Waals surface area (Å²) >= 11 is 5.06. The molecule has 2 fully saturated rings. The van der Waals surface area contributed by atoms with Crippen LogP contribution in [0.15, 0.2) is 18.2 Å². The summed E-state index contributed by atoms with van der Waals surface area (Å²) in [7, 11) is 1.65. The molecule has 0 aromatic heterocycles. The number of hydrogen-bond acceptors (Lipinski definition) is 2. The lowest BCUT2D eigenvalue weighted by atomic mass is 9.95. The maximum absolute atomic E-state index is 13.3. The highest BCUT2D eigenvalue weighted by molar-refractivity contribution is 7.80. The van der Waals surface area contributed by atoms with Gasteiger partial charge in [0.15, 0.2) is 5.11 Å². The first kappa shape index (κ1) is 12.5. The fourth-order valence-electron chi connectivity index (χ4n) is 2.91. The number of piperidine rings is 1. The van der Waals surface area contributed by atoms with Gasteiger partial charge in [0.25, 0.3) is 0 Å². The smallest absolute Gasteiger partial charge is 0.232 e. The molecular formula is C13H12F2N2OS. The van der Waals surface area contributed by atoms with Gasteiger partial charge in [-0.05, 0) is 36.3 Å². The Morgan fingerprint density at radius 1 is 1.42 bits per heavy atom. The van der Waals surface area contributed by atoms with Crippen molar-refractivity contribution in [3.63, 3.8) is 0 Å². The van der Waals surface area contributed by atoms with Crippen LogP contribution < -0.4 is 5.32 Å². The van der Waals surface area contributed by atoms with Crippen LogP contribution in [0.4, 0.5) is 8.78 Å². The Balaban J connectivity index is 1.95. The molecule has 0 radical (unpaired) electrons. The van der Waals surface area contributed by atoms with Crippen molar-refractivity contribution in [1.29, 1.82) is 0 Å². The summed E-state index contributed by atoms with van der Waals surface area (Å²) in [5, 5.41) is 3.11. The number of carbonyl (C=O) groups excluding carboxylic acids is 1. The molecule has 2 aliphatic rings. The van der Waals surface area contributed by atoms with E-state index >= 15 is 0 Å². The van der Waals surface area contributed by atoms with Crippen LogP contribution >= 0.6 is 12.2 Å². The van der Waals surface area contributed by atoms with Gasteiger partial charge in [0.05, 0.1) is 5.92 Å². The topological polar surface area (TPSA) is 32.3 Å². The minimum Gasteiger partial charge on any atom is -0.365 e. The SMILES string of the molecule is CNC(=S)N1C[C@@]2(c3cc(F)cc(F)c3)C[C@H]2C1=O. The molecule has 1 aliphatic carbocycles. The summed E-state index contributed by atoms with van der Waals surface area (Å²) in [5.41, 5.74) is 0.0748. The molecule has 2 atom stereocenters. The first-order valence-corrected chi connectivity index (χ1v) is 6.38. The number of carbonyl (C=O) groups is 1. The van der Waals surface area contributed by atoms with E-state index in [1.165, 1.54) is 17.0 Å². The molecular weight excluding hydrogens is 270 g/mol. The molecule has 3 rings (SSSR count). The fraction of sp³-hybridized carbons (Fsp3) is 0.385. The van der Waals surface area contributed by atoms with Crippen LogP contribution in [0.5, 0.6) is 0 Å². The number of hydrogen-bond donors (Lipinski definition) is 1. The number of likely N-dealkylation sites (tertiary alicyclic amines) is 1. The van der Waals surface area contributed by atoms with Crippen LogP contribution in [-0.2, 0) is 10.2 Å². The third-order valence-corrected chi connectivity index (χ3v) is 4.40. The molecule has 1 amide bonds. The molecule has 1 aliphatic heterocycles. The Labute approximate surface area is 114 Å². The molecule has 1 N–H and O–H groups in total. The van der Waals surface area contributed by atoms with Crippen LogP contribution in [0.2, 0.25) is 0 Å². The number of rotatable bonds is 1. The monoisotopic (exact) mass is 282 g/mol. The van der Waals surface area contributed by atoms with E-state index in [1.54, 1.807) is 7.05 Å². The maximum Gasteiger partial charge on any atom is 0.232 e. The zero-order chi connectivity index (χ0) is 13.8. The standard InChI is InChI=1S/C13H12F2N2OS/c1-16-12(19)17-6-13(5-10(13)11(17)18)7-2-8(14)4-9(15)3-7/h2-4,10H,5-6H2,1H3,(H,16,19)/t10-,13+/m0/s1. The first-order valence-electron chi connectivity index (χ1n) is 5.97. The normalized spacial score (nSPS) is 28.3. The van der Waals surface area contributed by atoms with E-state index in [0.717, 1.165) is 6.07 Å². The molecule has 19 heavy (non-hydrogen) atoms. The Kier molecular flexibility index (Phi) is 2.60. The summed E-state index contributed by atoms with van der Waals surface area (Å²) < 4.78 is 26.6. The van der Waals surface area contributed by atoms with Gasteiger partial charge >= 0.3 is 0 Å². The molecule has 100 valence electrons. The van der Waals surface area contributed by atoms with E-state index in [1.807, 2.05) is 0 Å². The lowest BCUT2D eigenvalue weighted by molar-refractivity contribution is -0.126. The van der Waals surface area contributed by atoms with Crippen LogP contribution in [0.1, 0.15) is 12.0 Å². The predicted molar refractivity (Wildman–Crippen MR) is 69.5 cm³/mol. The van der Waals surface area contributed by atoms with E-state index < -0.39 is 17.0 Å². The van der Waals surface area contributed by atoms with Gasteiger partial charge in [-0.2, -0.15) is 0 Å². The van der Waals surface area contributed by atoms with E-state index in [2.05, 4.69) is 5.32 Å². The highest BCUT2D eigenvalue weighted by Crippen LogP contribution is 2.59.